The largest absolute Gasteiger partial charge is 0.344 e. The Balaban J connectivity index is 2.47. The molecule has 0 saturated carbocycles. The van der Waals surface area contributed by atoms with E-state index in [1.54, 1.807) is 0 Å². The summed E-state index contributed by atoms with van der Waals surface area (Å²) in [6.07, 6.45) is 5.41. The van der Waals surface area contributed by atoms with Crippen molar-refractivity contribution in [2.24, 2.45) is 0 Å². The van der Waals surface area contributed by atoms with Gasteiger partial charge in [-0.2, -0.15) is 11.8 Å². The van der Waals surface area contributed by atoms with Gasteiger partial charge >= 0.3 is 0 Å². The summed E-state index contributed by atoms with van der Waals surface area (Å²) in [5.41, 5.74) is 0. The first-order valence-electron chi connectivity index (χ1n) is 6.12. The number of nitrogens with one attached hydrogen (secondary N) is 1. The van der Waals surface area contributed by atoms with Gasteiger partial charge in [0.15, 0.2) is 0 Å². The lowest BCUT2D eigenvalue weighted by Gasteiger charge is -2.31. The molecule has 1 rings (SSSR count). The molecule has 0 radical (unpaired) electrons. The van der Waals surface area contributed by atoms with Crippen molar-refractivity contribution < 1.29 is 4.79 Å². The Kier molecular flexibility index (Phi) is 5.12. The molecule has 1 fully saturated rings. The Labute approximate surface area is 103 Å². The van der Waals surface area contributed by atoms with Gasteiger partial charge in [-0.1, -0.05) is 13.8 Å². The summed E-state index contributed by atoms with van der Waals surface area (Å²) in [6, 6.07) is 0.0506. The second-order valence-corrected chi connectivity index (χ2v) is 5.85. The third kappa shape index (κ3) is 2.92. The molecule has 0 bridgehead atoms. The average molecular weight is 244 g/mol. The van der Waals surface area contributed by atoms with Crippen molar-refractivity contribution in [3.05, 3.63) is 0 Å². The fourth-order valence-electron chi connectivity index (χ4n) is 2.18. The molecule has 1 unspecified atom stereocenters. The van der Waals surface area contributed by atoms with Gasteiger partial charge in [0.25, 0.3) is 0 Å². The highest BCUT2D eigenvalue weighted by molar-refractivity contribution is 8.00. The van der Waals surface area contributed by atoms with E-state index in [1.165, 1.54) is 0 Å². The first kappa shape index (κ1) is 13.8. The molecule has 0 aromatic carbocycles. The van der Waals surface area contributed by atoms with Gasteiger partial charge < -0.3 is 10.2 Å². The second-order valence-electron chi connectivity index (χ2n) is 4.58. The SMILES string of the molecule is CCC(CC)(CNC1CCN(C)C1=O)SC. The van der Waals surface area contributed by atoms with E-state index in [4.69, 9.17) is 0 Å². The number of nitrogens with zero attached hydrogens (tertiary/aromatic N) is 1. The first-order valence-corrected chi connectivity index (χ1v) is 7.34. The van der Waals surface area contributed by atoms with E-state index in [0.29, 0.717) is 4.75 Å². The topological polar surface area (TPSA) is 32.3 Å². The van der Waals surface area contributed by atoms with Crippen molar-refractivity contribution in [3.8, 4) is 0 Å². The number of hydrogen-bond acceptors (Lipinski definition) is 3. The molecule has 1 saturated heterocycles. The van der Waals surface area contributed by atoms with Crippen LogP contribution in [0.2, 0.25) is 0 Å². The van der Waals surface area contributed by atoms with Crippen LogP contribution in [0.1, 0.15) is 33.1 Å². The lowest BCUT2D eigenvalue weighted by molar-refractivity contribution is -0.128. The Morgan fingerprint density at radius 2 is 2.12 bits per heavy atom. The highest BCUT2D eigenvalue weighted by Crippen LogP contribution is 2.29. The Hall–Kier alpha value is -0.220. The van der Waals surface area contributed by atoms with E-state index in [2.05, 4.69) is 25.4 Å². The van der Waals surface area contributed by atoms with Gasteiger partial charge in [-0.3, -0.25) is 4.79 Å². The molecule has 0 aromatic rings. The van der Waals surface area contributed by atoms with Gasteiger partial charge in [0, 0.05) is 24.9 Å². The van der Waals surface area contributed by atoms with Crippen LogP contribution < -0.4 is 5.32 Å². The normalized spacial score (nSPS) is 21.9. The summed E-state index contributed by atoms with van der Waals surface area (Å²) in [5.74, 6) is 0.252. The van der Waals surface area contributed by atoms with Crippen LogP contribution in [0.5, 0.6) is 0 Å². The van der Waals surface area contributed by atoms with Crippen LogP contribution in [0, 0.1) is 0 Å². The number of likely N-dealkylation sites (tertiary alicyclic amines) is 1. The van der Waals surface area contributed by atoms with E-state index < -0.39 is 0 Å². The maximum Gasteiger partial charge on any atom is 0.239 e. The van der Waals surface area contributed by atoms with E-state index in [9.17, 15) is 4.79 Å². The van der Waals surface area contributed by atoms with Gasteiger partial charge in [-0.25, -0.2) is 0 Å². The molecule has 1 atom stereocenters. The van der Waals surface area contributed by atoms with Crippen molar-refractivity contribution in [1.82, 2.24) is 10.2 Å². The molecule has 1 N–H and O–H groups in total. The van der Waals surface area contributed by atoms with Crippen LogP contribution >= 0.6 is 11.8 Å². The lowest BCUT2D eigenvalue weighted by Crippen LogP contribution is -2.44. The van der Waals surface area contributed by atoms with Crippen molar-refractivity contribution in [2.75, 3.05) is 26.4 Å². The number of rotatable bonds is 6. The third-order valence-electron chi connectivity index (χ3n) is 3.82. The smallest absolute Gasteiger partial charge is 0.239 e. The third-order valence-corrected chi connectivity index (χ3v) is 5.41. The molecule has 0 spiro atoms. The Morgan fingerprint density at radius 3 is 2.50 bits per heavy atom. The average Bonchev–Trinajstić information content (AvgIpc) is 2.63. The van der Waals surface area contributed by atoms with Crippen LogP contribution in [0.25, 0.3) is 0 Å². The molecule has 3 nitrogen and oxygen atoms in total. The van der Waals surface area contributed by atoms with Gasteiger partial charge in [-0.15, -0.1) is 0 Å². The molecular weight excluding hydrogens is 220 g/mol. The zero-order chi connectivity index (χ0) is 12.2. The Morgan fingerprint density at radius 1 is 1.50 bits per heavy atom. The number of amides is 1. The van der Waals surface area contributed by atoms with Crippen LogP contribution in [0.4, 0.5) is 0 Å². The fourth-order valence-corrected chi connectivity index (χ4v) is 2.99. The van der Waals surface area contributed by atoms with Crippen molar-refractivity contribution in [3.63, 3.8) is 0 Å². The zero-order valence-corrected chi connectivity index (χ0v) is 11.7. The fraction of sp³-hybridized carbons (Fsp3) is 0.917. The van der Waals surface area contributed by atoms with E-state index in [1.807, 2.05) is 23.7 Å². The lowest BCUT2D eigenvalue weighted by atomic mass is 10.0. The second kappa shape index (κ2) is 5.92. The number of thioether (sulfide) groups is 1. The number of carbonyl (C=O) groups is 1. The molecule has 4 heteroatoms. The standard InChI is InChI=1S/C12H24N2OS/c1-5-12(6-2,16-4)9-13-10-7-8-14(3)11(10)15/h10,13H,5-9H2,1-4H3. The minimum Gasteiger partial charge on any atom is -0.344 e. The van der Waals surface area contributed by atoms with Gasteiger partial charge in [0.1, 0.15) is 0 Å². The summed E-state index contributed by atoms with van der Waals surface area (Å²) in [6.45, 7) is 6.28. The monoisotopic (exact) mass is 244 g/mol. The minimum atomic E-state index is 0.0506. The molecule has 1 amide bonds. The molecule has 1 aliphatic rings. The summed E-state index contributed by atoms with van der Waals surface area (Å²) < 4.78 is 0.293. The summed E-state index contributed by atoms with van der Waals surface area (Å²) in [4.78, 5) is 13.6. The van der Waals surface area contributed by atoms with E-state index in [-0.39, 0.29) is 11.9 Å². The van der Waals surface area contributed by atoms with Crippen LogP contribution in [-0.2, 0) is 4.79 Å². The van der Waals surface area contributed by atoms with Crippen molar-refractivity contribution >= 4 is 17.7 Å². The number of hydrogen-bond donors (Lipinski definition) is 1. The maximum atomic E-state index is 11.7. The molecule has 0 aromatic heterocycles. The first-order chi connectivity index (χ1) is 7.58. The van der Waals surface area contributed by atoms with Gasteiger partial charge in [-0.05, 0) is 25.5 Å². The molecular formula is C12H24N2OS. The predicted molar refractivity (Wildman–Crippen MR) is 70.9 cm³/mol. The van der Waals surface area contributed by atoms with Crippen molar-refractivity contribution in [1.29, 1.82) is 0 Å². The number of likely N-dealkylation sites (N-methyl/N-ethyl adjacent to an activating group) is 1. The number of carbonyl (C=O) groups excluding carboxylic acids is 1. The van der Waals surface area contributed by atoms with Crippen LogP contribution in [-0.4, -0.2) is 48.0 Å². The maximum absolute atomic E-state index is 11.7. The van der Waals surface area contributed by atoms with Crippen LogP contribution in [0.15, 0.2) is 0 Å². The van der Waals surface area contributed by atoms with E-state index in [0.717, 1.165) is 32.4 Å². The summed E-state index contributed by atoms with van der Waals surface area (Å²) >= 11 is 1.92. The van der Waals surface area contributed by atoms with E-state index >= 15 is 0 Å². The highest BCUT2D eigenvalue weighted by Gasteiger charge is 2.32. The van der Waals surface area contributed by atoms with Crippen LogP contribution in [0.3, 0.4) is 0 Å². The molecule has 94 valence electrons. The summed E-state index contributed by atoms with van der Waals surface area (Å²) in [7, 11) is 1.88. The predicted octanol–water partition coefficient (Wildman–Crippen LogP) is 1.73. The molecule has 0 aliphatic carbocycles. The quantitative estimate of drug-likeness (QED) is 0.772. The molecule has 1 aliphatic heterocycles. The Bertz CT molecular complexity index is 233. The summed E-state index contributed by atoms with van der Waals surface area (Å²) in [5, 5.41) is 3.44. The minimum absolute atomic E-state index is 0.0506. The molecule has 1 heterocycles. The molecule has 16 heavy (non-hydrogen) atoms. The zero-order valence-electron chi connectivity index (χ0n) is 10.9. The van der Waals surface area contributed by atoms with Gasteiger partial charge in [0.2, 0.25) is 5.91 Å². The highest BCUT2D eigenvalue weighted by atomic mass is 32.2. The van der Waals surface area contributed by atoms with Gasteiger partial charge in [0.05, 0.1) is 6.04 Å². The van der Waals surface area contributed by atoms with Crippen molar-refractivity contribution in [2.45, 2.75) is 43.9 Å².